The molecule has 112 valence electrons. The van der Waals surface area contributed by atoms with Crippen molar-refractivity contribution >= 4 is 17.5 Å². The van der Waals surface area contributed by atoms with Gasteiger partial charge in [-0.3, -0.25) is 9.59 Å². The highest BCUT2D eigenvalue weighted by atomic mass is 16.5. The van der Waals surface area contributed by atoms with Crippen LogP contribution in [0.1, 0.15) is 19.3 Å². The molecule has 2 amide bonds. The number of carbonyl (C=O) groups is 2. The van der Waals surface area contributed by atoms with Crippen molar-refractivity contribution in [3.05, 3.63) is 30.3 Å². The lowest BCUT2D eigenvalue weighted by Gasteiger charge is -2.24. The first-order valence-corrected chi connectivity index (χ1v) is 7.50. The van der Waals surface area contributed by atoms with Crippen LogP contribution in [0.3, 0.4) is 0 Å². The van der Waals surface area contributed by atoms with Crippen molar-refractivity contribution in [2.75, 3.05) is 24.7 Å². The molecule has 1 N–H and O–H groups in total. The van der Waals surface area contributed by atoms with Crippen LogP contribution in [0.5, 0.6) is 0 Å². The molecule has 0 bridgehead atoms. The molecule has 1 aromatic rings. The molecule has 1 aromatic carbocycles. The Morgan fingerprint density at radius 2 is 1.86 bits per heavy atom. The van der Waals surface area contributed by atoms with Gasteiger partial charge in [-0.2, -0.15) is 0 Å². The summed E-state index contributed by atoms with van der Waals surface area (Å²) in [5.41, 5.74) is 0.865. The number of nitrogens with one attached hydrogen (secondary N) is 1. The highest BCUT2D eigenvalue weighted by Crippen LogP contribution is 2.25. The van der Waals surface area contributed by atoms with Gasteiger partial charge < -0.3 is 15.0 Å². The molecule has 2 aliphatic heterocycles. The Kier molecular flexibility index (Phi) is 4.20. The van der Waals surface area contributed by atoms with E-state index in [0.717, 1.165) is 18.5 Å². The number of amides is 2. The molecule has 0 aromatic heterocycles. The van der Waals surface area contributed by atoms with Gasteiger partial charge in [0.15, 0.2) is 0 Å². The van der Waals surface area contributed by atoms with E-state index in [1.807, 2.05) is 30.3 Å². The minimum atomic E-state index is -0.548. The van der Waals surface area contributed by atoms with Crippen LogP contribution in [0, 0.1) is 5.92 Å². The van der Waals surface area contributed by atoms with Crippen molar-refractivity contribution in [1.82, 2.24) is 5.32 Å². The van der Waals surface area contributed by atoms with E-state index in [4.69, 9.17) is 4.74 Å². The molecule has 2 heterocycles. The van der Waals surface area contributed by atoms with Crippen LogP contribution >= 0.6 is 0 Å². The van der Waals surface area contributed by atoms with Gasteiger partial charge in [-0.1, -0.05) is 18.2 Å². The molecular weight excluding hydrogens is 268 g/mol. The number of para-hydroxylation sites is 1. The summed E-state index contributed by atoms with van der Waals surface area (Å²) in [5.74, 6) is -0.774. The fraction of sp³-hybridized carbons (Fsp3) is 0.500. The number of hydrogen-bond acceptors (Lipinski definition) is 3. The van der Waals surface area contributed by atoms with Gasteiger partial charge in [-0.25, -0.2) is 0 Å². The molecule has 3 rings (SSSR count). The molecule has 21 heavy (non-hydrogen) atoms. The molecule has 0 aliphatic carbocycles. The molecule has 1 unspecified atom stereocenters. The predicted molar refractivity (Wildman–Crippen MR) is 78.9 cm³/mol. The molecule has 0 saturated carbocycles. The van der Waals surface area contributed by atoms with Crippen molar-refractivity contribution in [2.45, 2.75) is 25.3 Å². The normalized spacial score (nSPS) is 23.3. The fourth-order valence-corrected chi connectivity index (χ4v) is 2.93. The van der Waals surface area contributed by atoms with E-state index in [9.17, 15) is 9.59 Å². The quantitative estimate of drug-likeness (QED) is 0.854. The maximum absolute atomic E-state index is 12.4. The predicted octanol–water partition coefficient (Wildman–Crippen LogP) is 1.33. The summed E-state index contributed by atoms with van der Waals surface area (Å²) in [6.07, 6.45) is 2.24. The summed E-state index contributed by atoms with van der Waals surface area (Å²) in [6, 6.07) is 9.66. The molecule has 1 atom stereocenters. The van der Waals surface area contributed by atoms with Crippen LogP contribution < -0.4 is 10.2 Å². The number of anilines is 1. The average molecular weight is 288 g/mol. The molecular formula is C16H20N2O3. The number of carbonyl (C=O) groups excluding carboxylic acids is 2. The number of hydrogen-bond donors (Lipinski definition) is 1. The van der Waals surface area contributed by atoms with Crippen LogP contribution in [0.2, 0.25) is 0 Å². The Balaban J connectivity index is 1.62. The number of rotatable bonds is 3. The Hall–Kier alpha value is -1.88. The van der Waals surface area contributed by atoms with Crippen molar-refractivity contribution in [3.63, 3.8) is 0 Å². The fourth-order valence-electron chi connectivity index (χ4n) is 2.93. The minimum Gasteiger partial charge on any atom is -0.381 e. The minimum absolute atomic E-state index is 0.0919. The highest BCUT2D eigenvalue weighted by Gasteiger charge is 2.38. The first-order valence-electron chi connectivity index (χ1n) is 7.50. The van der Waals surface area contributed by atoms with Crippen molar-refractivity contribution in [3.8, 4) is 0 Å². The van der Waals surface area contributed by atoms with Crippen LogP contribution in [0.25, 0.3) is 0 Å². The van der Waals surface area contributed by atoms with Crippen LogP contribution in [0.4, 0.5) is 5.69 Å². The van der Waals surface area contributed by atoms with Crippen molar-refractivity contribution in [1.29, 1.82) is 0 Å². The Bertz CT molecular complexity index is 512. The van der Waals surface area contributed by atoms with Crippen LogP contribution in [-0.4, -0.2) is 37.6 Å². The smallest absolute Gasteiger partial charge is 0.239 e. The molecule has 5 heteroatoms. The molecule has 0 radical (unpaired) electrons. The lowest BCUT2D eigenvalue weighted by Crippen LogP contribution is -2.44. The van der Waals surface area contributed by atoms with E-state index >= 15 is 0 Å². The van der Waals surface area contributed by atoms with Gasteiger partial charge in [0.2, 0.25) is 11.8 Å². The van der Waals surface area contributed by atoms with Gasteiger partial charge in [-0.05, 0) is 31.4 Å². The second kappa shape index (κ2) is 6.26. The third-order valence-corrected chi connectivity index (χ3v) is 4.16. The van der Waals surface area contributed by atoms with Gasteiger partial charge in [0.1, 0.15) is 5.92 Å². The summed E-state index contributed by atoms with van der Waals surface area (Å²) in [6.45, 7) is 1.97. The monoisotopic (exact) mass is 288 g/mol. The standard InChI is InChI=1S/C16H20N2O3/c19-15(17-12-7-10-21-11-8-12)14-6-9-18(16(14)20)13-4-2-1-3-5-13/h1-5,12,14H,6-11H2,(H,17,19). The largest absolute Gasteiger partial charge is 0.381 e. The maximum atomic E-state index is 12.4. The van der Waals surface area contributed by atoms with E-state index in [1.165, 1.54) is 0 Å². The van der Waals surface area contributed by atoms with Gasteiger partial charge >= 0.3 is 0 Å². The molecule has 2 aliphatic rings. The first-order chi connectivity index (χ1) is 10.3. The molecule has 2 fully saturated rings. The van der Waals surface area contributed by atoms with Gasteiger partial charge in [0.05, 0.1) is 0 Å². The topological polar surface area (TPSA) is 58.6 Å². The Morgan fingerprint density at radius 1 is 1.14 bits per heavy atom. The first kappa shape index (κ1) is 14.1. The number of nitrogens with zero attached hydrogens (tertiary/aromatic N) is 1. The second-order valence-corrected chi connectivity index (χ2v) is 5.56. The molecule has 0 spiro atoms. The van der Waals surface area contributed by atoms with Crippen molar-refractivity contribution < 1.29 is 14.3 Å². The summed E-state index contributed by atoms with van der Waals surface area (Å²) >= 11 is 0. The summed E-state index contributed by atoms with van der Waals surface area (Å²) in [5, 5.41) is 3.00. The number of ether oxygens (including phenoxy) is 1. The molecule has 2 saturated heterocycles. The molecule has 5 nitrogen and oxygen atoms in total. The van der Waals surface area contributed by atoms with Crippen LogP contribution in [0.15, 0.2) is 30.3 Å². The van der Waals surface area contributed by atoms with E-state index < -0.39 is 5.92 Å². The Morgan fingerprint density at radius 3 is 2.57 bits per heavy atom. The second-order valence-electron chi connectivity index (χ2n) is 5.56. The summed E-state index contributed by atoms with van der Waals surface area (Å²) in [7, 11) is 0. The summed E-state index contributed by atoms with van der Waals surface area (Å²) < 4.78 is 5.28. The highest BCUT2D eigenvalue weighted by molar-refractivity contribution is 6.09. The van der Waals surface area contributed by atoms with Gasteiger partial charge in [0, 0.05) is 31.5 Å². The Labute approximate surface area is 124 Å². The van der Waals surface area contributed by atoms with E-state index in [2.05, 4.69) is 5.32 Å². The lowest BCUT2D eigenvalue weighted by atomic mass is 10.0. The zero-order valence-corrected chi connectivity index (χ0v) is 12.0. The number of benzene rings is 1. The van der Waals surface area contributed by atoms with E-state index in [0.29, 0.717) is 26.2 Å². The zero-order chi connectivity index (χ0) is 14.7. The maximum Gasteiger partial charge on any atom is 0.239 e. The average Bonchev–Trinajstić information content (AvgIpc) is 2.91. The van der Waals surface area contributed by atoms with E-state index in [1.54, 1.807) is 4.90 Å². The van der Waals surface area contributed by atoms with Gasteiger partial charge in [0.25, 0.3) is 0 Å². The third kappa shape index (κ3) is 3.08. The van der Waals surface area contributed by atoms with Gasteiger partial charge in [-0.15, -0.1) is 0 Å². The van der Waals surface area contributed by atoms with Crippen LogP contribution in [-0.2, 0) is 14.3 Å². The lowest BCUT2D eigenvalue weighted by molar-refractivity contribution is -0.132. The SMILES string of the molecule is O=C(NC1CCOCC1)C1CCN(c2ccccc2)C1=O. The third-order valence-electron chi connectivity index (χ3n) is 4.16. The van der Waals surface area contributed by atoms with E-state index in [-0.39, 0.29) is 17.9 Å². The zero-order valence-electron chi connectivity index (χ0n) is 12.0. The van der Waals surface area contributed by atoms with Crippen molar-refractivity contribution in [2.24, 2.45) is 5.92 Å². The summed E-state index contributed by atoms with van der Waals surface area (Å²) in [4.78, 5) is 26.4.